The Morgan fingerprint density at radius 2 is 0.797 bits per heavy atom. The number of aliphatic hydroxyl groups is 10. The molecular weight excluding hydrogens is 813 g/mol. The molecule has 0 aromatic carbocycles. The topological polar surface area (TPSA) is 219 Å². The Balaban J connectivity index is 0.000000146. The minimum absolute atomic E-state index is 0.201. The van der Waals surface area contributed by atoms with Crippen LogP contribution in [0.3, 0.4) is 0 Å². The maximum Gasteiger partial charge on any atom is 0.123 e. The summed E-state index contributed by atoms with van der Waals surface area (Å²) >= 11 is 0. The first-order chi connectivity index (χ1) is 31.1. The minimum Gasteiger partial charge on any atom is -0.396 e. The predicted octanol–water partition coefficient (Wildman–Crippen LogP) is 6.14. The van der Waals surface area contributed by atoms with E-state index in [0.29, 0.717) is 143 Å². The van der Waals surface area contributed by atoms with Crippen LogP contribution < -0.4 is 0 Å². The standard InChI is InChI=1S/C12H20O2.C10H18O2.C8H14O2.C8H16O2.C8H14O.C7H14O2/c13-7-11-2-9-1-10(4-11)5-12(3-9,6-11)8-14;11-5-9-4-8-2-1-7(9)3-10(8)6-12;9-3-7-5-1-2-6(7)8(5)4-10;9-5-7-2-1-3-8(4-7)6-10;9-7-8-5-3-1-2-4-6-8;8-4-6-1-2-7(3-6)5-9/h9-10,13-14H,1-8H2;7-12H,1-6H2;5-10H,1-4H2;7-10H,1-6H2;7-8H,1-6H2;6-9H,1-5H2. The molecule has 13 aliphatic carbocycles. The van der Waals surface area contributed by atoms with E-state index in [9.17, 15) is 15.0 Å². The van der Waals surface area contributed by atoms with Crippen LogP contribution in [-0.2, 0) is 4.79 Å². The number of fused-ring (bicyclic) bond motifs is 4. The normalized spacial score (nSPS) is 42.3. The van der Waals surface area contributed by atoms with E-state index >= 15 is 0 Å². The van der Waals surface area contributed by atoms with E-state index in [0.717, 1.165) is 88.8 Å². The third-order valence-electron chi connectivity index (χ3n) is 19.0. The number of carbonyl (C=O) groups excluding carboxylic acids is 1. The molecule has 11 nitrogen and oxygen atoms in total. The SMILES string of the molecule is O=CC1CCCCCC1.OCC12CC3CC(C1)CC(CO)(C3)C2.OCC1C2CCC1C2CO.OCC1CC2CCC1CC2CO.OCC1CCC(CO)C1.OCC1CCCC(CO)C1. The molecule has 0 spiro atoms. The van der Waals surface area contributed by atoms with E-state index in [4.69, 9.17) is 40.9 Å². The molecule has 13 aliphatic rings. The van der Waals surface area contributed by atoms with Gasteiger partial charge in [0.2, 0.25) is 0 Å². The van der Waals surface area contributed by atoms with Gasteiger partial charge in [0.05, 0.1) is 0 Å². The molecule has 64 heavy (non-hydrogen) atoms. The Morgan fingerprint density at radius 3 is 1.11 bits per heavy atom. The molecule has 8 atom stereocenters. The van der Waals surface area contributed by atoms with Crippen molar-refractivity contribution in [2.24, 2.45) is 99.6 Å². The fourth-order valence-corrected chi connectivity index (χ4v) is 15.7. The van der Waals surface area contributed by atoms with Crippen molar-refractivity contribution in [1.29, 1.82) is 0 Å². The van der Waals surface area contributed by atoms with Gasteiger partial charge in [0.15, 0.2) is 0 Å². The van der Waals surface area contributed by atoms with Crippen molar-refractivity contribution < 1.29 is 55.9 Å². The number of aliphatic hydroxyl groups excluding tert-OH is 10. The average Bonchev–Trinajstić information content (AvgIpc) is 4.06. The first-order valence-corrected chi connectivity index (χ1v) is 26.6. The summed E-state index contributed by atoms with van der Waals surface area (Å²) in [6, 6.07) is 0. The van der Waals surface area contributed by atoms with Crippen molar-refractivity contribution in [3.05, 3.63) is 0 Å². The van der Waals surface area contributed by atoms with Crippen LogP contribution in [0.5, 0.6) is 0 Å². The van der Waals surface area contributed by atoms with Crippen LogP contribution in [-0.4, -0.2) is 123 Å². The number of hydrogen-bond donors (Lipinski definition) is 10. The zero-order valence-corrected chi connectivity index (χ0v) is 39.9. The molecule has 13 fully saturated rings. The Hall–Kier alpha value is -0.730. The Bertz CT molecular complexity index is 1180. The first-order valence-electron chi connectivity index (χ1n) is 26.6. The summed E-state index contributed by atoms with van der Waals surface area (Å²) in [4.78, 5) is 10.3. The monoisotopic (exact) mass is 909 g/mol. The van der Waals surface area contributed by atoms with Gasteiger partial charge in [-0.1, -0.05) is 32.1 Å². The second kappa shape index (κ2) is 27.5. The van der Waals surface area contributed by atoms with Gasteiger partial charge in [0.25, 0.3) is 0 Å². The number of carbonyl (C=O) groups is 1. The molecule has 13 saturated carbocycles. The lowest BCUT2D eigenvalue weighted by Crippen LogP contribution is -2.54. The molecule has 10 N–H and O–H groups in total. The second-order valence-electron chi connectivity index (χ2n) is 23.4. The van der Waals surface area contributed by atoms with Crippen LogP contribution in [0.15, 0.2) is 0 Å². The van der Waals surface area contributed by atoms with E-state index in [1.54, 1.807) is 0 Å². The van der Waals surface area contributed by atoms with Gasteiger partial charge in [-0.3, -0.25) is 0 Å². The Morgan fingerprint density at radius 1 is 0.391 bits per heavy atom. The average molecular weight is 909 g/mol. The highest BCUT2D eigenvalue weighted by molar-refractivity contribution is 5.53. The number of hydrogen-bond acceptors (Lipinski definition) is 11. The lowest BCUT2D eigenvalue weighted by atomic mass is 9.44. The summed E-state index contributed by atoms with van der Waals surface area (Å²) in [5, 5.41) is 90.2. The van der Waals surface area contributed by atoms with Crippen molar-refractivity contribution in [2.45, 2.75) is 161 Å². The summed E-state index contributed by atoms with van der Waals surface area (Å²) in [7, 11) is 0. The molecule has 0 aromatic rings. The van der Waals surface area contributed by atoms with Gasteiger partial charge < -0.3 is 55.9 Å². The van der Waals surface area contributed by atoms with E-state index in [1.807, 2.05) is 0 Å². The Kier molecular flexibility index (Phi) is 23.3. The summed E-state index contributed by atoms with van der Waals surface area (Å²) in [5.74, 6) is 8.77. The molecule has 0 radical (unpaired) electrons. The van der Waals surface area contributed by atoms with Crippen LogP contribution >= 0.6 is 0 Å². The lowest BCUT2D eigenvalue weighted by molar-refractivity contribution is -0.144. The zero-order chi connectivity index (χ0) is 46.1. The molecule has 0 heterocycles. The maximum absolute atomic E-state index is 10.3. The summed E-state index contributed by atoms with van der Waals surface area (Å²) < 4.78 is 0. The van der Waals surface area contributed by atoms with Gasteiger partial charge in [-0.2, -0.15) is 0 Å². The third kappa shape index (κ3) is 14.6. The van der Waals surface area contributed by atoms with Gasteiger partial charge in [-0.05, 0) is 222 Å². The molecule has 13 rings (SSSR count). The van der Waals surface area contributed by atoms with E-state index in [-0.39, 0.29) is 10.8 Å². The van der Waals surface area contributed by atoms with E-state index in [1.165, 1.54) is 89.9 Å². The van der Waals surface area contributed by atoms with Crippen LogP contribution in [0.4, 0.5) is 0 Å². The maximum atomic E-state index is 10.3. The van der Waals surface area contributed by atoms with Crippen molar-refractivity contribution in [1.82, 2.24) is 0 Å². The van der Waals surface area contributed by atoms with Crippen LogP contribution in [0.2, 0.25) is 0 Å². The molecule has 374 valence electrons. The smallest absolute Gasteiger partial charge is 0.123 e. The molecular formula is C53H96O11. The van der Waals surface area contributed by atoms with E-state index in [2.05, 4.69) is 0 Å². The van der Waals surface area contributed by atoms with Gasteiger partial charge in [-0.25, -0.2) is 0 Å². The molecule has 8 unspecified atom stereocenters. The quantitative estimate of drug-likeness (QED) is 0.0838. The van der Waals surface area contributed by atoms with Crippen molar-refractivity contribution in [3.63, 3.8) is 0 Å². The molecule has 0 saturated heterocycles. The second-order valence-corrected chi connectivity index (χ2v) is 23.4. The third-order valence-corrected chi connectivity index (χ3v) is 19.0. The van der Waals surface area contributed by atoms with Crippen LogP contribution in [0.1, 0.15) is 161 Å². The Labute approximate surface area is 387 Å². The molecule has 0 amide bonds. The molecule has 0 aromatic heterocycles. The lowest BCUT2D eigenvalue weighted by Gasteiger charge is -2.61. The highest BCUT2D eigenvalue weighted by Gasteiger charge is 2.57. The highest BCUT2D eigenvalue weighted by Crippen LogP contribution is 2.65. The largest absolute Gasteiger partial charge is 0.396 e. The van der Waals surface area contributed by atoms with Crippen molar-refractivity contribution in [3.8, 4) is 0 Å². The summed E-state index contributed by atoms with van der Waals surface area (Å²) in [5.41, 5.74) is 0.402. The zero-order valence-electron chi connectivity index (χ0n) is 39.9. The predicted molar refractivity (Wildman–Crippen MR) is 250 cm³/mol. The van der Waals surface area contributed by atoms with Gasteiger partial charge in [0.1, 0.15) is 6.29 Å². The summed E-state index contributed by atoms with van der Waals surface area (Å²) in [6.45, 7) is 3.31. The number of rotatable bonds is 11. The van der Waals surface area contributed by atoms with Crippen molar-refractivity contribution >= 4 is 6.29 Å². The fraction of sp³-hybridized carbons (Fsp3) is 0.981. The van der Waals surface area contributed by atoms with Crippen LogP contribution in [0, 0.1) is 99.6 Å². The molecule has 11 heteroatoms. The van der Waals surface area contributed by atoms with Crippen LogP contribution in [0.25, 0.3) is 0 Å². The van der Waals surface area contributed by atoms with Gasteiger partial charge in [0, 0.05) is 72.0 Å². The fourth-order valence-electron chi connectivity index (χ4n) is 15.7. The highest BCUT2D eigenvalue weighted by atomic mass is 16.3. The molecule has 8 bridgehead atoms. The molecule has 0 aliphatic heterocycles. The van der Waals surface area contributed by atoms with E-state index < -0.39 is 0 Å². The minimum atomic E-state index is 0.201. The first kappa shape index (κ1) is 54.2. The van der Waals surface area contributed by atoms with Crippen molar-refractivity contribution in [2.75, 3.05) is 66.1 Å². The number of aldehydes is 1. The van der Waals surface area contributed by atoms with Gasteiger partial charge in [-0.15, -0.1) is 0 Å². The van der Waals surface area contributed by atoms with Gasteiger partial charge >= 0.3 is 0 Å². The summed E-state index contributed by atoms with van der Waals surface area (Å²) in [6.07, 6.45) is 31.0.